The van der Waals surface area contributed by atoms with Crippen LogP contribution in [0.25, 0.3) is 33.4 Å². The van der Waals surface area contributed by atoms with Crippen LogP contribution in [0.3, 0.4) is 0 Å². The van der Waals surface area contributed by atoms with E-state index in [-0.39, 0.29) is 0 Å². The van der Waals surface area contributed by atoms with E-state index in [0.717, 1.165) is 33.5 Å². The van der Waals surface area contributed by atoms with E-state index in [9.17, 15) is 0 Å². The molecule has 0 aromatic heterocycles. The maximum Gasteiger partial charge on any atom is 0.137 e. The van der Waals surface area contributed by atoms with E-state index in [4.69, 9.17) is 9.83 Å². The van der Waals surface area contributed by atoms with Gasteiger partial charge in [0, 0.05) is 48.4 Å². The fourth-order valence-corrected chi connectivity index (χ4v) is 3.99. The number of rotatable bonds is 4. The zero-order chi connectivity index (χ0) is 22.9. The minimum Gasteiger partial charge on any atom is -0.456 e. The largest absolute Gasteiger partial charge is 0.456 e. The van der Waals surface area contributed by atoms with Crippen molar-refractivity contribution in [1.29, 1.82) is 5.41 Å². The molecule has 1 heterocycles. The number of nitrogens with zero attached hydrogens (tertiary/aromatic N) is 3. The average Bonchev–Trinajstić information content (AvgIpc) is 2.81. The molecule has 3 aromatic rings. The third kappa shape index (κ3) is 4.13. The Balaban J connectivity index is 1.63. The first kappa shape index (κ1) is 20.6. The summed E-state index contributed by atoms with van der Waals surface area (Å²) < 4.78 is 6.23. The first-order chi connectivity index (χ1) is 16.0. The highest BCUT2D eigenvalue weighted by molar-refractivity contribution is 6.02. The van der Waals surface area contributed by atoms with Gasteiger partial charge in [0.25, 0.3) is 0 Å². The van der Waals surface area contributed by atoms with Crippen molar-refractivity contribution < 1.29 is 4.42 Å². The summed E-state index contributed by atoms with van der Waals surface area (Å²) in [6.07, 6.45) is 0. The summed E-state index contributed by atoms with van der Waals surface area (Å²) >= 11 is 0. The Morgan fingerprint density at radius 1 is 0.788 bits per heavy atom. The zero-order valence-electron chi connectivity index (χ0n) is 18.8. The molecule has 162 valence electrons. The molecule has 2 aliphatic rings. The van der Waals surface area contributed by atoms with Crippen LogP contribution >= 0.6 is 0 Å². The molecule has 5 heteroatoms. The van der Waals surface area contributed by atoms with Gasteiger partial charge in [-0.25, -0.2) is 0 Å². The molecule has 1 N–H and O–H groups in total. The summed E-state index contributed by atoms with van der Waals surface area (Å²) in [5, 5.41) is 18.3. The molecule has 0 bridgehead atoms. The van der Waals surface area contributed by atoms with E-state index < -0.39 is 0 Å². The first-order valence-corrected chi connectivity index (χ1v) is 10.8. The lowest BCUT2D eigenvalue weighted by atomic mass is 9.93. The van der Waals surface area contributed by atoms with Crippen LogP contribution in [0.2, 0.25) is 0 Å². The third-order valence-corrected chi connectivity index (χ3v) is 5.66. The maximum absolute atomic E-state index is 8.04. The predicted octanol–water partition coefficient (Wildman–Crippen LogP) is 7.47. The topological polar surface area (TPSA) is 65.0 Å². The number of fused-ring (bicyclic) bond motifs is 2. The van der Waals surface area contributed by atoms with Gasteiger partial charge < -0.3 is 14.7 Å². The van der Waals surface area contributed by atoms with E-state index in [0.29, 0.717) is 22.4 Å². The van der Waals surface area contributed by atoms with Gasteiger partial charge in [0.05, 0.1) is 16.7 Å². The van der Waals surface area contributed by atoms with Crippen molar-refractivity contribution in [2.75, 3.05) is 19.0 Å². The van der Waals surface area contributed by atoms with Gasteiger partial charge in [0.15, 0.2) is 0 Å². The van der Waals surface area contributed by atoms with Crippen molar-refractivity contribution in [2.24, 2.45) is 10.2 Å². The summed E-state index contributed by atoms with van der Waals surface area (Å²) in [7, 11) is 4.01. The van der Waals surface area contributed by atoms with E-state index in [1.807, 2.05) is 67.5 Å². The molecule has 1 aliphatic heterocycles. The molecule has 0 saturated heterocycles. The molecule has 0 fully saturated rings. The van der Waals surface area contributed by atoms with E-state index in [1.54, 1.807) is 12.1 Å². The van der Waals surface area contributed by atoms with Crippen LogP contribution < -0.4 is 10.3 Å². The average molecular weight is 433 g/mol. The minimum absolute atomic E-state index is 0.415. The standard InChI is InChI=1S/C28H24N4O/c1-18-5-4-6-19(15-18)28-24-13-7-20(29)16-26(24)33-27-17-22(10-14-25(27)28)31-30-21-8-11-23(12-9-21)32(2)3/h4-17,29H,1-3H3. The fourth-order valence-electron chi connectivity index (χ4n) is 3.99. The van der Waals surface area contributed by atoms with Crippen molar-refractivity contribution in [2.45, 2.75) is 6.92 Å². The number of hydrogen-bond acceptors (Lipinski definition) is 5. The molecule has 0 unspecified atom stereocenters. The van der Waals surface area contributed by atoms with Crippen molar-refractivity contribution in [3.63, 3.8) is 0 Å². The van der Waals surface area contributed by atoms with Gasteiger partial charge in [0.1, 0.15) is 11.3 Å². The number of nitrogens with one attached hydrogen (secondary N) is 1. The Kier molecular flexibility index (Phi) is 5.23. The van der Waals surface area contributed by atoms with Gasteiger partial charge in [-0.05, 0) is 61.0 Å². The Hall–Kier alpha value is -4.25. The quantitative estimate of drug-likeness (QED) is 0.236. The minimum atomic E-state index is 0.415. The molecule has 0 atom stereocenters. The molecule has 0 spiro atoms. The summed E-state index contributed by atoms with van der Waals surface area (Å²) in [4.78, 5) is 2.05. The number of anilines is 1. The molecule has 33 heavy (non-hydrogen) atoms. The van der Waals surface area contributed by atoms with Crippen molar-refractivity contribution >= 4 is 28.0 Å². The van der Waals surface area contributed by atoms with E-state index >= 15 is 0 Å². The fraction of sp³-hybridized carbons (Fsp3) is 0.107. The lowest BCUT2D eigenvalue weighted by Crippen LogP contribution is -2.07. The molecule has 1 aliphatic carbocycles. The summed E-state index contributed by atoms with van der Waals surface area (Å²) in [6, 6.07) is 27.8. The molecular weight excluding hydrogens is 408 g/mol. The summed E-state index contributed by atoms with van der Waals surface area (Å²) in [5.74, 6) is 0.680. The molecule has 5 rings (SSSR count). The highest BCUT2D eigenvalue weighted by Gasteiger charge is 2.17. The van der Waals surface area contributed by atoms with E-state index in [1.165, 1.54) is 5.56 Å². The maximum atomic E-state index is 8.04. The zero-order valence-corrected chi connectivity index (χ0v) is 18.8. The van der Waals surface area contributed by atoms with Gasteiger partial charge in [-0.15, -0.1) is 0 Å². The first-order valence-electron chi connectivity index (χ1n) is 10.8. The van der Waals surface area contributed by atoms with Crippen LogP contribution in [0, 0.1) is 12.3 Å². The number of aryl methyl sites for hydroxylation is 1. The van der Waals surface area contributed by atoms with Crippen LogP contribution in [-0.4, -0.2) is 14.1 Å². The Labute approximate surface area is 192 Å². The van der Waals surface area contributed by atoms with Crippen LogP contribution in [0.5, 0.6) is 0 Å². The van der Waals surface area contributed by atoms with Gasteiger partial charge in [-0.3, -0.25) is 0 Å². The van der Waals surface area contributed by atoms with Gasteiger partial charge in [0.2, 0.25) is 0 Å². The SMILES string of the molecule is Cc1cccc(-c2c3ccc(=N)cc-3oc3cc(N=Nc4ccc(N(C)C)cc4)ccc23)c1. The molecule has 0 saturated carbocycles. The number of azo groups is 1. The smallest absolute Gasteiger partial charge is 0.137 e. The molecular formula is C28H24N4O. The predicted molar refractivity (Wildman–Crippen MR) is 134 cm³/mol. The van der Waals surface area contributed by atoms with Gasteiger partial charge in [-0.2, -0.15) is 10.2 Å². The van der Waals surface area contributed by atoms with Crippen molar-refractivity contribution in [3.05, 3.63) is 95.8 Å². The second-order valence-corrected chi connectivity index (χ2v) is 8.35. The lowest BCUT2D eigenvalue weighted by Gasteiger charge is -2.15. The molecule has 0 radical (unpaired) electrons. The monoisotopic (exact) mass is 432 g/mol. The highest BCUT2D eigenvalue weighted by atomic mass is 16.3. The Bertz CT molecular complexity index is 1510. The lowest BCUT2D eigenvalue weighted by molar-refractivity contribution is 0.619. The normalized spacial score (nSPS) is 11.5. The summed E-state index contributed by atoms with van der Waals surface area (Å²) in [5.41, 5.74) is 7.71. The number of benzene rings is 4. The highest BCUT2D eigenvalue weighted by Crippen LogP contribution is 2.41. The number of hydrogen-bond donors (Lipinski definition) is 1. The van der Waals surface area contributed by atoms with Gasteiger partial charge in [-0.1, -0.05) is 29.8 Å². The molecule has 5 nitrogen and oxygen atoms in total. The van der Waals surface area contributed by atoms with Crippen LogP contribution in [-0.2, 0) is 0 Å². The van der Waals surface area contributed by atoms with Crippen LogP contribution in [0.15, 0.2) is 99.6 Å². The molecule has 3 aromatic carbocycles. The Morgan fingerprint density at radius 3 is 2.30 bits per heavy atom. The van der Waals surface area contributed by atoms with Crippen molar-refractivity contribution in [3.8, 4) is 22.5 Å². The second kappa shape index (κ2) is 8.36. The van der Waals surface area contributed by atoms with Crippen LogP contribution in [0.1, 0.15) is 5.56 Å². The third-order valence-electron chi connectivity index (χ3n) is 5.66. The van der Waals surface area contributed by atoms with Crippen LogP contribution in [0.4, 0.5) is 17.1 Å². The molecule has 0 amide bonds. The van der Waals surface area contributed by atoms with E-state index in [2.05, 4.69) is 41.4 Å². The van der Waals surface area contributed by atoms with Gasteiger partial charge >= 0.3 is 0 Å². The Morgan fingerprint density at radius 2 is 1.55 bits per heavy atom. The second-order valence-electron chi connectivity index (χ2n) is 8.35. The van der Waals surface area contributed by atoms with Crippen molar-refractivity contribution in [1.82, 2.24) is 0 Å². The summed E-state index contributed by atoms with van der Waals surface area (Å²) in [6.45, 7) is 2.09.